The fourth-order valence-electron chi connectivity index (χ4n) is 1.40. The molecule has 0 amide bonds. The average Bonchev–Trinajstić information content (AvgIpc) is 2.34. The number of aliphatic carboxylic acids is 2. The first-order valence-electron chi connectivity index (χ1n) is 5.55. The first-order chi connectivity index (χ1) is 9.22. The van der Waals surface area contributed by atoms with Crippen LogP contribution in [-0.4, -0.2) is 36.6 Å². The van der Waals surface area contributed by atoms with Crippen LogP contribution in [0.2, 0.25) is 0 Å². The summed E-state index contributed by atoms with van der Waals surface area (Å²) in [6.45, 7) is 0. The van der Waals surface area contributed by atoms with E-state index in [0.717, 1.165) is 0 Å². The van der Waals surface area contributed by atoms with Crippen molar-refractivity contribution in [2.45, 2.75) is 23.8 Å². The molecule has 0 aliphatic heterocycles. The minimum atomic E-state index is -4.05. The van der Waals surface area contributed by atoms with E-state index < -0.39 is 34.4 Å². The van der Waals surface area contributed by atoms with Crippen molar-refractivity contribution in [3.8, 4) is 0 Å². The van der Waals surface area contributed by atoms with Crippen molar-refractivity contribution in [2.24, 2.45) is 0 Å². The fourth-order valence-corrected chi connectivity index (χ4v) is 2.63. The number of nitrogens with one attached hydrogen (secondary N) is 1. The molecule has 5 N–H and O–H groups in total. The van der Waals surface area contributed by atoms with Crippen LogP contribution in [0, 0.1) is 0 Å². The Labute approximate surface area is 115 Å². The molecule has 0 heterocycles. The SMILES string of the molecule is Nc1ccc(S(=O)(=O)NC(CCC(=O)O)C(=O)O)cc1. The van der Waals surface area contributed by atoms with Gasteiger partial charge in [0, 0.05) is 12.1 Å². The number of benzene rings is 1. The molecule has 0 radical (unpaired) electrons. The first kappa shape index (κ1) is 15.9. The molecular formula is C11H14N2O6S. The summed E-state index contributed by atoms with van der Waals surface area (Å²) in [5.41, 5.74) is 5.79. The number of rotatable bonds is 7. The van der Waals surface area contributed by atoms with Crippen LogP contribution in [0.15, 0.2) is 29.2 Å². The highest BCUT2D eigenvalue weighted by Gasteiger charge is 2.25. The number of anilines is 1. The molecule has 0 aliphatic rings. The number of carboxylic acid groups (broad SMARTS) is 2. The van der Waals surface area contributed by atoms with Crippen molar-refractivity contribution in [1.29, 1.82) is 0 Å². The zero-order valence-electron chi connectivity index (χ0n) is 10.3. The molecule has 1 atom stereocenters. The molecule has 0 fully saturated rings. The highest BCUT2D eigenvalue weighted by molar-refractivity contribution is 7.89. The van der Waals surface area contributed by atoms with Gasteiger partial charge in [-0.1, -0.05) is 0 Å². The number of carboxylic acids is 2. The minimum absolute atomic E-state index is 0.145. The van der Waals surface area contributed by atoms with Crippen molar-refractivity contribution in [3.05, 3.63) is 24.3 Å². The topological polar surface area (TPSA) is 147 Å². The van der Waals surface area contributed by atoms with Gasteiger partial charge in [0.2, 0.25) is 10.0 Å². The van der Waals surface area contributed by atoms with Crippen LogP contribution in [0.1, 0.15) is 12.8 Å². The molecular weight excluding hydrogens is 288 g/mol. The van der Waals surface area contributed by atoms with Gasteiger partial charge in [-0.2, -0.15) is 4.72 Å². The van der Waals surface area contributed by atoms with Gasteiger partial charge < -0.3 is 15.9 Å². The van der Waals surface area contributed by atoms with Crippen LogP contribution in [0.3, 0.4) is 0 Å². The summed E-state index contributed by atoms with van der Waals surface area (Å²) in [5, 5.41) is 17.4. The summed E-state index contributed by atoms with van der Waals surface area (Å²) in [4.78, 5) is 21.2. The van der Waals surface area contributed by atoms with E-state index in [2.05, 4.69) is 0 Å². The molecule has 0 saturated heterocycles. The number of hydrogen-bond donors (Lipinski definition) is 4. The molecule has 0 saturated carbocycles. The van der Waals surface area contributed by atoms with Gasteiger partial charge in [-0.3, -0.25) is 9.59 Å². The van der Waals surface area contributed by atoms with Crippen LogP contribution in [0.25, 0.3) is 0 Å². The van der Waals surface area contributed by atoms with Crippen molar-refractivity contribution in [2.75, 3.05) is 5.73 Å². The summed E-state index contributed by atoms with van der Waals surface area (Å²) < 4.78 is 25.8. The van der Waals surface area contributed by atoms with E-state index in [0.29, 0.717) is 5.69 Å². The summed E-state index contributed by atoms with van der Waals surface area (Å²) in [6, 6.07) is 3.68. The van der Waals surface area contributed by atoms with E-state index in [1.54, 1.807) is 0 Å². The molecule has 9 heteroatoms. The Balaban J connectivity index is 2.88. The van der Waals surface area contributed by atoms with Gasteiger partial charge in [-0.05, 0) is 30.7 Å². The van der Waals surface area contributed by atoms with E-state index >= 15 is 0 Å². The molecule has 0 bridgehead atoms. The molecule has 20 heavy (non-hydrogen) atoms. The Morgan fingerprint density at radius 3 is 2.20 bits per heavy atom. The predicted octanol–water partition coefficient (Wildman–Crippen LogP) is -0.135. The second-order valence-electron chi connectivity index (χ2n) is 4.01. The van der Waals surface area contributed by atoms with Crippen LogP contribution in [0.4, 0.5) is 5.69 Å². The van der Waals surface area contributed by atoms with Crippen molar-refractivity contribution in [3.63, 3.8) is 0 Å². The van der Waals surface area contributed by atoms with Crippen LogP contribution < -0.4 is 10.5 Å². The maximum Gasteiger partial charge on any atom is 0.321 e. The second kappa shape index (κ2) is 6.35. The number of sulfonamides is 1. The van der Waals surface area contributed by atoms with E-state index in [1.165, 1.54) is 24.3 Å². The zero-order valence-corrected chi connectivity index (χ0v) is 11.1. The molecule has 1 aromatic rings. The monoisotopic (exact) mass is 302 g/mol. The van der Waals surface area contributed by atoms with Gasteiger partial charge in [0.15, 0.2) is 0 Å². The molecule has 0 aromatic heterocycles. The maximum absolute atomic E-state index is 11.9. The van der Waals surface area contributed by atoms with Gasteiger partial charge in [-0.15, -0.1) is 0 Å². The highest BCUT2D eigenvalue weighted by Crippen LogP contribution is 2.13. The maximum atomic E-state index is 11.9. The zero-order chi connectivity index (χ0) is 15.3. The second-order valence-corrected chi connectivity index (χ2v) is 5.73. The van der Waals surface area contributed by atoms with E-state index in [4.69, 9.17) is 15.9 Å². The molecule has 110 valence electrons. The van der Waals surface area contributed by atoms with Gasteiger partial charge >= 0.3 is 11.9 Å². The molecule has 1 rings (SSSR count). The highest BCUT2D eigenvalue weighted by atomic mass is 32.2. The van der Waals surface area contributed by atoms with Gasteiger partial charge in [0.25, 0.3) is 0 Å². The lowest BCUT2D eigenvalue weighted by Gasteiger charge is -2.14. The number of carbonyl (C=O) groups is 2. The van der Waals surface area contributed by atoms with Gasteiger partial charge in [0.1, 0.15) is 6.04 Å². The van der Waals surface area contributed by atoms with Crippen LogP contribution in [-0.2, 0) is 19.6 Å². The Kier molecular flexibility index (Phi) is 5.06. The van der Waals surface area contributed by atoms with E-state index in [1.807, 2.05) is 4.72 Å². The largest absolute Gasteiger partial charge is 0.481 e. The van der Waals surface area contributed by atoms with Crippen LogP contribution in [0.5, 0.6) is 0 Å². The lowest BCUT2D eigenvalue weighted by Crippen LogP contribution is -2.41. The third-order valence-corrected chi connectivity index (χ3v) is 3.92. The van der Waals surface area contributed by atoms with Crippen molar-refractivity contribution in [1.82, 2.24) is 4.72 Å². The quantitative estimate of drug-likeness (QED) is 0.513. The lowest BCUT2D eigenvalue weighted by atomic mass is 10.2. The molecule has 1 unspecified atom stereocenters. The Morgan fingerprint density at radius 2 is 1.75 bits per heavy atom. The first-order valence-corrected chi connectivity index (χ1v) is 7.03. The minimum Gasteiger partial charge on any atom is -0.481 e. The molecule has 1 aromatic carbocycles. The van der Waals surface area contributed by atoms with Gasteiger partial charge in [-0.25, -0.2) is 8.42 Å². The third kappa shape index (κ3) is 4.52. The van der Waals surface area contributed by atoms with Crippen LogP contribution >= 0.6 is 0 Å². The standard InChI is InChI=1S/C11H14N2O6S/c12-7-1-3-8(4-2-7)20(18,19)13-9(11(16)17)5-6-10(14)15/h1-4,9,13H,5-6,12H2,(H,14,15)(H,16,17). The van der Waals surface area contributed by atoms with Crippen molar-refractivity contribution >= 4 is 27.6 Å². The lowest BCUT2D eigenvalue weighted by molar-refractivity contribution is -0.140. The van der Waals surface area contributed by atoms with E-state index in [-0.39, 0.29) is 11.3 Å². The normalized spacial score (nSPS) is 12.8. The number of nitrogens with two attached hydrogens (primary N) is 1. The van der Waals surface area contributed by atoms with E-state index in [9.17, 15) is 18.0 Å². The summed E-state index contributed by atoms with van der Waals surface area (Å²) in [6.07, 6.45) is -0.805. The predicted molar refractivity (Wildman–Crippen MR) is 69.5 cm³/mol. The Morgan fingerprint density at radius 1 is 1.20 bits per heavy atom. The summed E-state index contributed by atoms with van der Waals surface area (Å²) in [7, 11) is -4.05. The molecule has 0 aliphatic carbocycles. The average molecular weight is 302 g/mol. The van der Waals surface area contributed by atoms with Crippen molar-refractivity contribution < 1.29 is 28.2 Å². The number of nitrogen functional groups attached to an aromatic ring is 1. The summed E-state index contributed by atoms with van der Waals surface area (Å²) in [5.74, 6) is -2.65. The molecule has 0 spiro atoms. The van der Waals surface area contributed by atoms with Gasteiger partial charge in [0.05, 0.1) is 4.90 Å². The fraction of sp³-hybridized carbons (Fsp3) is 0.273. The Hall–Kier alpha value is -2.13. The number of hydrogen-bond acceptors (Lipinski definition) is 5. The Bertz CT molecular complexity index is 596. The summed E-state index contributed by atoms with van der Waals surface area (Å²) >= 11 is 0. The molecule has 8 nitrogen and oxygen atoms in total. The third-order valence-electron chi connectivity index (χ3n) is 2.43. The smallest absolute Gasteiger partial charge is 0.321 e.